The summed E-state index contributed by atoms with van der Waals surface area (Å²) in [6.07, 6.45) is 4.80. The molecular weight excluding hydrogens is 493 g/mol. The van der Waals surface area contributed by atoms with Crippen LogP contribution in [0, 0.1) is 0 Å². The van der Waals surface area contributed by atoms with Crippen LogP contribution >= 0.6 is 16.5 Å². The van der Waals surface area contributed by atoms with E-state index in [1.54, 1.807) is 6.92 Å². The fourth-order valence-corrected chi connectivity index (χ4v) is 1.19. The van der Waals surface area contributed by atoms with E-state index in [2.05, 4.69) is 0 Å². The van der Waals surface area contributed by atoms with Crippen LogP contribution in [-0.4, -0.2) is 43.4 Å². The summed E-state index contributed by atoms with van der Waals surface area (Å²) in [6.45, 7) is 1.93. The Bertz CT molecular complexity index is 209. The molecular formula is C8H26N2O7P2Pt. The molecule has 9 N–H and O–H groups in total. The summed E-state index contributed by atoms with van der Waals surface area (Å²) < 4.78 is 17.5. The van der Waals surface area contributed by atoms with Crippen LogP contribution in [0.4, 0.5) is 0 Å². The largest absolute Gasteiger partial charge is 0.397 e. The van der Waals surface area contributed by atoms with Crippen molar-refractivity contribution in [3.8, 4) is 0 Å². The van der Waals surface area contributed by atoms with Gasteiger partial charge < -0.3 is 36.1 Å². The third-order valence-corrected chi connectivity index (χ3v) is 1.87. The predicted octanol–water partition coefficient (Wildman–Crippen LogP) is -1.07. The van der Waals surface area contributed by atoms with E-state index in [0.717, 1.165) is 12.8 Å². The first-order chi connectivity index (χ1) is 8.68. The summed E-state index contributed by atoms with van der Waals surface area (Å²) in [6, 6.07) is 0.562. The van der Waals surface area contributed by atoms with Gasteiger partial charge in [-0.15, -0.1) is 0 Å². The molecule has 1 aliphatic carbocycles. The maximum Gasteiger partial charge on any atom is 0.314 e. The molecule has 0 radical (unpaired) electrons. The number of nitrogens with two attached hydrogens (primary N) is 2. The monoisotopic (exact) mass is 519 g/mol. The molecule has 20 heavy (non-hydrogen) atoms. The molecule has 0 aromatic rings. The van der Waals surface area contributed by atoms with E-state index in [9.17, 15) is 0 Å². The Morgan fingerprint density at radius 1 is 0.950 bits per heavy atom. The Balaban J connectivity index is -0.0000000927. The minimum absolute atomic E-state index is 0. The van der Waals surface area contributed by atoms with Crippen LogP contribution < -0.4 is 11.5 Å². The van der Waals surface area contributed by atoms with E-state index in [-0.39, 0.29) is 39.8 Å². The van der Waals surface area contributed by atoms with Gasteiger partial charge in [-0.1, -0.05) is 12.8 Å². The van der Waals surface area contributed by atoms with Crippen molar-refractivity contribution in [1.29, 1.82) is 0 Å². The topological polar surface area (TPSA) is 187 Å². The quantitative estimate of drug-likeness (QED) is 0.196. The molecule has 0 unspecified atom stereocenters. The van der Waals surface area contributed by atoms with Gasteiger partial charge in [0.2, 0.25) is 0 Å². The predicted molar refractivity (Wildman–Crippen MR) is 74.1 cm³/mol. The molecule has 0 spiro atoms. The van der Waals surface area contributed by atoms with Gasteiger partial charge in [-0.05, 0) is 19.8 Å². The Morgan fingerprint density at radius 3 is 1.20 bits per heavy atom. The van der Waals surface area contributed by atoms with Gasteiger partial charge in [-0.2, -0.15) is 0 Å². The molecule has 12 heteroatoms. The molecule has 2 atom stereocenters. The molecule has 0 aromatic heterocycles. The van der Waals surface area contributed by atoms with Crippen molar-refractivity contribution in [2.45, 2.75) is 44.7 Å². The summed E-state index contributed by atoms with van der Waals surface area (Å²) >= 11 is 0. The summed E-state index contributed by atoms with van der Waals surface area (Å²) in [4.78, 5) is 28.6. The van der Waals surface area contributed by atoms with Gasteiger partial charge in [0.1, 0.15) is 0 Å². The molecule has 1 aliphatic rings. The number of hydrogen-bond acceptors (Lipinski definition) is 5. The standard InChI is InChI=1S/C6H14N2.C2H6O.2H3O3P.Pt/c7-5-3-1-2-4-6(5)8;1-2-3;2*1-4(2)3;/h5-6H,1-4,7-8H2;3H,2H2,1H3;2*4H,(H2,1,2,3);/t5-,6-;;;;/m1..../s1. The molecule has 0 aromatic carbocycles. The zero-order valence-corrected chi connectivity index (χ0v) is 15.5. The van der Waals surface area contributed by atoms with Crippen molar-refractivity contribution in [2.75, 3.05) is 6.61 Å². The number of aliphatic hydroxyl groups excluding tert-OH is 1. The van der Waals surface area contributed by atoms with E-state index in [1.165, 1.54) is 12.8 Å². The molecule has 0 aliphatic heterocycles. The number of rotatable bonds is 0. The summed E-state index contributed by atoms with van der Waals surface area (Å²) in [5.74, 6) is 0. The summed E-state index contributed by atoms with van der Waals surface area (Å²) in [7, 11) is -6.26. The normalized spacial score (nSPS) is 20.3. The first kappa shape index (κ1) is 29.0. The second-order valence-corrected chi connectivity index (χ2v) is 4.62. The van der Waals surface area contributed by atoms with Crippen molar-refractivity contribution in [1.82, 2.24) is 0 Å². The van der Waals surface area contributed by atoms with E-state index < -0.39 is 16.5 Å². The van der Waals surface area contributed by atoms with Crippen molar-refractivity contribution < 1.29 is 54.9 Å². The smallest absolute Gasteiger partial charge is 0.314 e. The Hall–Kier alpha value is 0.868. The van der Waals surface area contributed by atoms with E-state index in [4.69, 9.17) is 45.3 Å². The van der Waals surface area contributed by atoms with Gasteiger partial charge in [0.25, 0.3) is 0 Å². The molecule has 130 valence electrons. The summed E-state index contributed by atoms with van der Waals surface area (Å²) in [5, 5.41) is 7.57. The third kappa shape index (κ3) is 42.8. The third-order valence-electron chi connectivity index (χ3n) is 1.87. The van der Waals surface area contributed by atoms with E-state index >= 15 is 0 Å². The van der Waals surface area contributed by atoms with Gasteiger partial charge in [0.15, 0.2) is 0 Å². The SMILES string of the molecule is CCO.N[C@@H]1CCCC[C@H]1N.O=[PH](O)O.O=[PH](O)O.[Pt]. The first-order valence-electron chi connectivity index (χ1n) is 5.64. The zero-order chi connectivity index (χ0) is 15.8. The molecule has 9 nitrogen and oxygen atoms in total. The van der Waals surface area contributed by atoms with Gasteiger partial charge in [-0.25, -0.2) is 0 Å². The number of hydrogen-bond donors (Lipinski definition) is 7. The summed E-state index contributed by atoms with van der Waals surface area (Å²) in [5.41, 5.74) is 11.3. The molecule has 0 bridgehead atoms. The van der Waals surface area contributed by atoms with Crippen LogP contribution in [0.1, 0.15) is 32.6 Å². The molecule has 0 amide bonds. The van der Waals surface area contributed by atoms with Crippen molar-refractivity contribution in [3.05, 3.63) is 0 Å². The zero-order valence-electron chi connectivity index (χ0n) is 11.2. The van der Waals surface area contributed by atoms with Gasteiger partial charge in [-0.3, -0.25) is 9.13 Å². The fraction of sp³-hybridized carbons (Fsp3) is 1.00. The maximum atomic E-state index is 8.74. The molecule has 1 rings (SSSR count). The molecule has 0 heterocycles. The second-order valence-electron chi connectivity index (χ2n) is 3.49. The van der Waals surface area contributed by atoms with Crippen molar-refractivity contribution >= 4 is 16.5 Å². The van der Waals surface area contributed by atoms with Crippen LogP contribution in [-0.2, 0) is 30.2 Å². The van der Waals surface area contributed by atoms with E-state index in [0.29, 0.717) is 0 Å². The fourth-order valence-electron chi connectivity index (χ4n) is 1.19. The molecule has 1 saturated carbocycles. The van der Waals surface area contributed by atoms with Crippen molar-refractivity contribution in [3.63, 3.8) is 0 Å². The Labute approximate surface area is 134 Å². The number of aliphatic hydroxyl groups is 1. The average Bonchev–Trinajstić information content (AvgIpc) is 2.22. The first-order valence-corrected chi connectivity index (χ1v) is 8.25. The van der Waals surface area contributed by atoms with Crippen LogP contribution in [0.15, 0.2) is 0 Å². The van der Waals surface area contributed by atoms with Crippen LogP contribution in [0.5, 0.6) is 0 Å². The molecule has 1 fully saturated rings. The Kier molecular flexibility index (Phi) is 32.1. The van der Waals surface area contributed by atoms with Crippen LogP contribution in [0.3, 0.4) is 0 Å². The molecule has 0 saturated heterocycles. The van der Waals surface area contributed by atoms with E-state index in [1.807, 2.05) is 0 Å². The Morgan fingerprint density at radius 2 is 1.10 bits per heavy atom. The maximum absolute atomic E-state index is 8.74. The van der Waals surface area contributed by atoms with Crippen LogP contribution in [0.2, 0.25) is 0 Å². The van der Waals surface area contributed by atoms with Gasteiger partial charge >= 0.3 is 16.5 Å². The van der Waals surface area contributed by atoms with Gasteiger partial charge in [0.05, 0.1) is 0 Å². The second kappa shape index (κ2) is 22.2. The van der Waals surface area contributed by atoms with Crippen molar-refractivity contribution in [2.24, 2.45) is 11.5 Å². The van der Waals surface area contributed by atoms with Crippen LogP contribution in [0.25, 0.3) is 0 Å². The minimum atomic E-state index is -3.13. The minimum Gasteiger partial charge on any atom is -0.397 e. The average molecular weight is 519 g/mol. The van der Waals surface area contributed by atoms with Gasteiger partial charge in [0, 0.05) is 39.8 Å².